The van der Waals surface area contributed by atoms with Crippen LogP contribution in [0.3, 0.4) is 0 Å². The van der Waals surface area contributed by atoms with Gasteiger partial charge < -0.3 is 14.8 Å². The van der Waals surface area contributed by atoms with Gasteiger partial charge in [-0.1, -0.05) is 13.0 Å². The monoisotopic (exact) mass is 354 g/mol. The maximum Gasteiger partial charge on any atom is 0.335 e. The van der Waals surface area contributed by atoms with Gasteiger partial charge in [0, 0.05) is 18.2 Å². The second-order valence-electron chi connectivity index (χ2n) is 5.98. The average Bonchev–Trinajstić information content (AvgIpc) is 3.16. The van der Waals surface area contributed by atoms with Crippen molar-refractivity contribution in [1.82, 2.24) is 10.2 Å². The summed E-state index contributed by atoms with van der Waals surface area (Å²) >= 11 is 0. The molecule has 0 radical (unpaired) electrons. The number of aromatic carboxylic acids is 1. The van der Waals surface area contributed by atoms with Crippen molar-refractivity contribution in [1.29, 1.82) is 0 Å². The summed E-state index contributed by atoms with van der Waals surface area (Å²) in [6.45, 7) is 4.09. The first-order valence-electron chi connectivity index (χ1n) is 8.19. The number of urea groups is 1. The zero-order valence-electron chi connectivity index (χ0n) is 14.4. The molecule has 0 bridgehead atoms. The van der Waals surface area contributed by atoms with Crippen molar-refractivity contribution in [2.24, 2.45) is 0 Å². The van der Waals surface area contributed by atoms with Crippen LogP contribution in [0.4, 0.5) is 4.79 Å². The fourth-order valence-corrected chi connectivity index (χ4v) is 2.74. The third-order valence-corrected chi connectivity index (χ3v) is 4.07. The summed E-state index contributed by atoms with van der Waals surface area (Å²) in [5.41, 5.74) is 1.84. The molecule has 3 amide bonds. The van der Waals surface area contributed by atoms with Gasteiger partial charge in [-0.15, -0.1) is 0 Å². The molecule has 2 N–H and O–H groups in total. The quantitative estimate of drug-likeness (QED) is 0.634. The Labute approximate surface area is 149 Å². The van der Waals surface area contributed by atoms with E-state index in [1.165, 1.54) is 12.1 Å². The van der Waals surface area contributed by atoms with Gasteiger partial charge in [-0.2, -0.15) is 0 Å². The van der Waals surface area contributed by atoms with Crippen molar-refractivity contribution >= 4 is 24.0 Å². The van der Waals surface area contributed by atoms with Gasteiger partial charge >= 0.3 is 12.0 Å². The standard InChI is InChI=1S/C19H18N2O5/c1-3-8-21-17(22)15(20-19(21)25)10-13-6-7-16(26-13)14-9-12(18(23)24)5-4-11(14)2/h4-7,9-10H,3,8H2,1-2H3,(H,20,25)(H,23,24)/b15-10+. The third kappa shape index (κ3) is 3.23. The van der Waals surface area contributed by atoms with Crippen molar-refractivity contribution in [3.05, 3.63) is 52.9 Å². The molecule has 1 aromatic heterocycles. The van der Waals surface area contributed by atoms with Gasteiger partial charge in [0.25, 0.3) is 5.91 Å². The molecule has 134 valence electrons. The number of carbonyl (C=O) groups is 3. The highest BCUT2D eigenvalue weighted by molar-refractivity contribution is 6.13. The lowest BCUT2D eigenvalue weighted by atomic mass is 10.0. The summed E-state index contributed by atoms with van der Waals surface area (Å²) < 4.78 is 5.73. The highest BCUT2D eigenvalue weighted by Crippen LogP contribution is 2.28. The fourth-order valence-electron chi connectivity index (χ4n) is 2.74. The largest absolute Gasteiger partial charge is 0.478 e. The van der Waals surface area contributed by atoms with E-state index in [4.69, 9.17) is 9.52 Å². The Bertz CT molecular complexity index is 926. The van der Waals surface area contributed by atoms with Crippen molar-refractivity contribution in [3.8, 4) is 11.3 Å². The Kier molecular flexibility index (Phi) is 4.62. The lowest BCUT2D eigenvalue weighted by Crippen LogP contribution is -2.31. The molecule has 1 aromatic carbocycles. The molecule has 0 aliphatic carbocycles. The maximum atomic E-state index is 12.2. The summed E-state index contributed by atoms with van der Waals surface area (Å²) in [6, 6.07) is 7.70. The second kappa shape index (κ2) is 6.87. The van der Waals surface area contributed by atoms with E-state index in [1.807, 2.05) is 13.8 Å². The number of hydrogen-bond acceptors (Lipinski definition) is 4. The number of rotatable bonds is 5. The summed E-state index contributed by atoms with van der Waals surface area (Å²) in [5.74, 6) is -0.531. The number of amides is 3. The number of nitrogens with one attached hydrogen (secondary N) is 1. The normalized spacial score (nSPS) is 15.6. The van der Waals surface area contributed by atoms with Crippen molar-refractivity contribution in [2.75, 3.05) is 6.54 Å². The Morgan fingerprint density at radius 2 is 2.04 bits per heavy atom. The zero-order valence-corrected chi connectivity index (χ0v) is 14.4. The number of nitrogens with zero attached hydrogens (tertiary/aromatic N) is 1. The van der Waals surface area contributed by atoms with E-state index in [-0.39, 0.29) is 17.2 Å². The number of benzene rings is 1. The van der Waals surface area contributed by atoms with E-state index >= 15 is 0 Å². The van der Waals surface area contributed by atoms with E-state index in [0.29, 0.717) is 30.0 Å². The fraction of sp³-hybridized carbons (Fsp3) is 0.211. The molecular weight excluding hydrogens is 336 g/mol. The zero-order chi connectivity index (χ0) is 18.8. The number of carboxylic acid groups (broad SMARTS) is 1. The number of carbonyl (C=O) groups excluding carboxylic acids is 2. The van der Waals surface area contributed by atoms with Gasteiger partial charge in [-0.3, -0.25) is 9.69 Å². The van der Waals surface area contributed by atoms with Crippen molar-refractivity contribution in [2.45, 2.75) is 20.3 Å². The van der Waals surface area contributed by atoms with Gasteiger partial charge in [0.05, 0.1) is 5.56 Å². The first kappa shape index (κ1) is 17.5. The molecule has 1 aliphatic heterocycles. The molecular formula is C19H18N2O5. The molecule has 0 atom stereocenters. The van der Waals surface area contributed by atoms with Crippen LogP contribution in [-0.4, -0.2) is 34.5 Å². The van der Waals surface area contributed by atoms with Crippen LogP contribution in [0.5, 0.6) is 0 Å². The SMILES string of the molecule is CCCN1C(=O)N/C(=C/c2ccc(-c3cc(C(=O)O)ccc3C)o2)C1=O. The van der Waals surface area contributed by atoms with Gasteiger partial charge in [0.2, 0.25) is 0 Å². The number of furan rings is 1. The highest BCUT2D eigenvalue weighted by atomic mass is 16.4. The number of hydrogen-bond donors (Lipinski definition) is 2. The molecule has 7 heteroatoms. The van der Waals surface area contributed by atoms with Gasteiger partial charge in [-0.25, -0.2) is 9.59 Å². The molecule has 1 fully saturated rings. The lowest BCUT2D eigenvalue weighted by Gasteiger charge is -2.08. The molecule has 3 rings (SSSR count). The Balaban J connectivity index is 1.90. The summed E-state index contributed by atoms with van der Waals surface area (Å²) in [5, 5.41) is 11.7. The van der Waals surface area contributed by atoms with E-state index in [1.54, 1.807) is 24.3 Å². The lowest BCUT2D eigenvalue weighted by molar-refractivity contribution is -0.122. The van der Waals surface area contributed by atoms with Crippen LogP contribution in [0.1, 0.15) is 35.0 Å². The molecule has 0 spiro atoms. The predicted octanol–water partition coefficient (Wildman–Crippen LogP) is 3.26. The smallest absolute Gasteiger partial charge is 0.335 e. The van der Waals surface area contributed by atoms with Crippen molar-refractivity contribution < 1.29 is 23.9 Å². The van der Waals surface area contributed by atoms with Crippen LogP contribution < -0.4 is 5.32 Å². The Morgan fingerprint density at radius 1 is 1.27 bits per heavy atom. The minimum Gasteiger partial charge on any atom is -0.478 e. The van der Waals surface area contributed by atoms with Crippen LogP contribution in [0, 0.1) is 6.92 Å². The molecule has 0 unspecified atom stereocenters. The average molecular weight is 354 g/mol. The second-order valence-corrected chi connectivity index (χ2v) is 5.98. The topological polar surface area (TPSA) is 99.8 Å². The summed E-state index contributed by atoms with van der Waals surface area (Å²) in [6.07, 6.45) is 2.15. The van der Waals surface area contributed by atoms with Gasteiger partial charge in [0.1, 0.15) is 17.2 Å². The molecule has 1 saturated heterocycles. The number of aryl methyl sites for hydroxylation is 1. The van der Waals surface area contributed by atoms with Crippen LogP contribution in [0.15, 0.2) is 40.4 Å². The van der Waals surface area contributed by atoms with Crippen LogP contribution in [0.25, 0.3) is 17.4 Å². The first-order chi connectivity index (χ1) is 12.4. The summed E-state index contributed by atoms with van der Waals surface area (Å²) in [4.78, 5) is 36.4. The number of imide groups is 1. The van der Waals surface area contributed by atoms with E-state index in [9.17, 15) is 14.4 Å². The minimum atomic E-state index is -1.02. The molecule has 2 aromatic rings. The predicted molar refractivity (Wildman–Crippen MR) is 94.4 cm³/mol. The van der Waals surface area contributed by atoms with Crippen molar-refractivity contribution in [3.63, 3.8) is 0 Å². The molecule has 1 aliphatic rings. The molecule has 7 nitrogen and oxygen atoms in total. The molecule has 26 heavy (non-hydrogen) atoms. The minimum absolute atomic E-state index is 0.153. The van der Waals surface area contributed by atoms with Crippen LogP contribution in [-0.2, 0) is 4.79 Å². The van der Waals surface area contributed by atoms with E-state index in [2.05, 4.69) is 5.32 Å². The van der Waals surface area contributed by atoms with Gasteiger partial charge in [0.15, 0.2) is 0 Å². The summed E-state index contributed by atoms with van der Waals surface area (Å²) in [7, 11) is 0. The third-order valence-electron chi connectivity index (χ3n) is 4.07. The highest BCUT2D eigenvalue weighted by Gasteiger charge is 2.32. The maximum absolute atomic E-state index is 12.2. The van der Waals surface area contributed by atoms with Crippen LogP contribution >= 0.6 is 0 Å². The Hall–Kier alpha value is -3.35. The number of carboxylic acids is 1. The van der Waals surface area contributed by atoms with E-state index in [0.717, 1.165) is 10.5 Å². The van der Waals surface area contributed by atoms with Gasteiger partial charge in [-0.05, 0) is 43.2 Å². The first-order valence-corrected chi connectivity index (χ1v) is 8.19. The van der Waals surface area contributed by atoms with E-state index < -0.39 is 12.0 Å². The molecule has 0 saturated carbocycles. The van der Waals surface area contributed by atoms with Crippen LogP contribution in [0.2, 0.25) is 0 Å². The Morgan fingerprint density at radius 3 is 2.73 bits per heavy atom. The molecule has 2 heterocycles.